The zero-order chi connectivity index (χ0) is 17.6. The Bertz CT molecular complexity index is 723. The summed E-state index contributed by atoms with van der Waals surface area (Å²) in [4.78, 5) is 21.2. The van der Waals surface area contributed by atoms with Crippen LogP contribution in [0.4, 0.5) is 5.69 Å². The average Bonchev–Trinajstić information content (AvgIpc) is 2.66. The fourth-order valence-electron chi connectivity index (χ4n) is 3.11. The molecule has 132 valence electrons. The number of carbonyl (C=O) groups excluding carboxylic acids is 1. The summed E-state index contributed by atoms with van der Waals surface area (Å²) in [7, 11) is 0. The minimum absolute atomic E-state index is 0.0231. The molecule has 1 aliphatic heterocycles. The fourth-order valence-corrected chi connectivity index (χ4v) is 3.11. The molecule has 5 nitrogen and oxygen atoms in total. The summed E-state index contributed by atoms with van der Waals surface area (Å²) in [6.45, 7) is 9.44. The van der Waals surface area contributed by atoms with Gasteiger partial charge in [-0.2, -0.15) is 0 Å². The number of hydrogen-bond donors (Lipinski definition) is 1. The summed E-state index contributed by atoms with van der Waals surface area (Å²) in [5, 5.41) is 3.38. The van der Waals surface area contributed by atoms with Crippen LogP contribution in [0, 0.1) is 6.92 Å². The van der Waals surface area contributed by atoms with Gasteiger partial charge in [0.15, 0.2) is 0 Å². The molecule has 0 bridgehead atoms. The molecular weight excluding hydrogens is 312 g/mol. The van der Waals surface area contributed by atoms with Crippen molar-refractivity contribution in [2.75, 3.05) is 38.0 Å². The number of likely N-dealkylation sites (N-methyl/N-ethyl adjacent to an activating group) is 1. The highest BCUT2D eigenvalue weighted by Gasteiger charge is 2.22. The molecule has 1 amide bonds. The third-order valence-electron chi connectivity index (χ3n) is 4.66. The third kappa shape index (κ3) is 4.57. The number of nitrogens with one attached hydrogen (secondary N) is 1. The van der Waals surface area contributed by atoms with E-state index in [2.05, 4.69) is 53.3 Å². The van der Waals surface area contributed by atoms with Crippen LogP contribution >= 0.6 is 0 Å². The maximum Gasteiger partial charge on any atom is 0.272 e. The van der Waals surface area contributed by atoms with Gasteiger partial charge in [0.05, 0.1) is 0 Å². The second kappa shape index (κ2) is 8.12. The van der Waals surface area contributed by atoms with Gasteiger partial charge in [-0.05, 0) is 31.2 Å². The van der Waals surface area contributed by atoms with Crippen LogP contribution in [-0.2, 0) is 6.54 Å². The lowest BCUT2D eigenvalue weighted by Crippen LogP contribution is -2.48. The van der Waals surface area contributed by atoms with E-state index in [0.717, 1.165) is 45.0 Å². The summed E-state index contributed by atoms with van der Waals surface area (Å²) >= 11 is 0. The maximum absolute atomic E-state index is 12.7. The van der Waals surface area contributed by atoms with E-state index in [1.807, 2.05) is 17.0 Å². The molecule has 0 unspecified atom stereocenters. The first-order chi connectivity index (χ1) is 12.2. The van der Waals surface area contributed by atoms with E-state index >= 15 is 0 Å². The maximum atomic E-state index is 12.7. The van der Waals surface area contributed by atoms with Crippen molar-refractivity contribution < 1.29 is 4.79 Å². The lowest BCUT2D eigenvalue weighted by atomic mass is 10.1. The molecule has 1 saturated heterocycles. The van der Waals surface area contributed by atoms with Gasteiger partial charge < -0.3 is 15.1 Å². The normalized spacial score (nSPS) is 15.2. The number of nitrogens with zero attached hydrogens (tertiary/aromatic N) is 3. The second-order valence-electron chi connectivity index (χ2n) is 6.50. The monoisotopic (exact) mass is 338 g/mol. The van der Waals surface area contributed by atoms with Gasteiger partial charge >= 0.3 is 0 Å². The molecule has 2 heterocycles. The third-order valence-corrected chi connectivity index (χ3v) is 4.66. The Morgan fingerprint density at radius 1 is 1.16 bits per heavy atom. The van der Waals surface area contributed by atoms with Crippen molar-refractivity contribution in [2.45, 2.75) is 20.4 Å². The number of rotatable bonds is 5. The fraction of sp³-hybridized carbons (Fsp3) is 0.400. The Kier molecular flexibility index (Phi) is 5.66. The van der Waals surface area contributed by atoms with Crippen molar-refractivity contribution in [1.29, 1.82) is 0 Å². The first-order valence-corrected chi connectivity index (χ1v) is 8.93. The van der Waals surface area contributed by atoms with Crippen molar-refractivity contribution in [1.82, 2.24) is 14.8 Å². The number of piperazine rings is 1. The Morgan fingerprint density at radius 2 is 1.96 bits per heavy atom. The molecular formula is C20H26N4O. The van der Waals surface area contributed by atoms with E-state index in [0.29, 0.717) is 5.69 Å². The number of amides is 1. The molecule has 1 aromatic carbocycles. The van der Waals surface area contributed by atoms with Gasteiger partial charge in [0, 0.05) is 44.6 Å². The Hall–Kier alpha value is -2.40. The standard InChI is InChI=1S/C20H26N4O/c1-3-23-9-11-24(12-10-23)20(25)19-14-18(7-8-21-19)22-15-17-6-4-5-16(2)13-17/h4-8,13-14H,3,9-12,15H2,1-2H3,(H,21,22). The molecule has 0 atom stereocenters. The quantitative estimate of drug-likeness (QED) is 0.911. The molecule has 5 heteroatoms. The molecule has 1 aromatic heterocycles. The van der Waals surface area contributed by atoms with Crippen LogP contribution in [0.25, 0.3) is 0 Å². The highest BCUT2D eigenvalue weighted by molar-refractivity contribution is 5.93. The minimum atomic E-state index is 0.0231. The summed E-state index contributed by atoms with van der Waals surface area (Å²) < 4.78 is 0. The van der Waals surface area contributed by atoms with Gasteiger partial charge in [0.2, 0.25) is 0 Å². The van der Waals surface area contributed by atoms with Crippen molar-refractivity contribution in [2.24, 2.45) is 0 Å². The number of benzene rings is 1. The van der Waals surface area contributed by atoms with Crippen LogP contribution < -0.4 is 5.32 Å². The predicted octanol–water partition coefficient (Wildman–Crippen LogP) is 2.78. The smallest absolute Gasteiger partial charge is 0.272 e. The molecule has 25 heavy (non-hydrogen) atoms. The van der Waals surface area contributed by atoms with Gasteiger partial charge in [-0.25, -0.2) is 0 Å². The molecule has 2 aromatic rings. The number of aryl methyl sites for hydroxylation is 1. The van der Waals surface area contributed by atoms with Crippen LogP contribution in [0.15, 0.2) is 42.6 Å². The zero-order valence-corrected chi connectivity index (χ0v) is 15.0. The molecule has 0 radical (unpaired) electrons. The van der Waals surface area contributed by atoms with Crippen molar-refractivity contribution in [3.8, 4) is 0 Å². The zero-order valence-electron chi connectivity index (χ0n) is 15.0. The number of carbonyl (C=O) groups is 1. The molecule has 0 saturated carbocycles. The Morgan fingerprint density at radius 3 is 2.68 bits per heavy atom. The lowest BCUT2D eigenvalue weighted by molar-refractivity contribution is 0.0637. The van der Waals surface area contributed by atoms with Crippen LogP contribution in [0.2, 0.25) is 0 Å². The lowest BCUT2D eigenvalue weighted by Gasteiger charge is -2.33. The molecule has 3 rings (SSSR count). The molecule has 1 fully saturated rings. The summed E-state index contributed by atoms with van der Waals surface area (Å²) in [5.41, 5.74) is 3.91. The summed E-state index contributed by atoms with van der Waals surface area (Å²) in [6.07, 6.45) is 1.70. The SMILES string of the molecule is CCN1CCN(C(=O)c2cc(NCc3cccc(C)c3)ccn2)CC1. The second-order valence-corrected chi connectivity index (χ2v) is 6.50. The van der Waals surface area contributed by atoms with E-state index in [1.165, 1.54) is 11.1 Å². The van der Waals surface area contributed by atoms with E-state index in [9.17, 15) is 4.79 Å². The van der Waals surface area contributed by atoms with Gasteiger partial charge in [0.25, 0.3) is 5.91 Å². The van der Waals surface area contributed by atoms with Crippen LogP contribution in [0.1, 0.15) is 28.5 Å². The van der Waals surface area contributed by atoms with Gasteiger partial charge in [0.1, 0.15) is 5.69 Å². The summed E-state index contributed by atoms with van der Waals surface area (Å²) in [5.74, 6) is 0.0231. The Balaban J connectivity index is 1.62. The van der Waals surface area contributed by atoms with Crippen LogP contribution in [0.3, 0.4) is 0 Å². The molecule has 0 spiro atoms. The van der Waals surface area contributed by atoms with Crippen molar-refractivity contribution in [3.05, 3.63) is 59.4 Å². The van der Waals surface area contributed by atoms with Crippen molar-refractivity contribution >= 4 is 11.6 Å². The number of hydrogen-bond acceptors (Lipinski definition) is 4. The summed E-state index contributed by atoms with van der Waals surface area (Å²) in [6, 6.07) is 12.2. The van der Waals surface area contributed by atoms with E-state index in [1.54, 1.807) is 6.20 Å². The number of aromatic nitrogens is 1. The number of pyridine rings is 1. The van der Waals surface area contributed by atoms with E-state index in [-0.39, 0.29) is 5.91 Å². The van der Waals surface area contributed by atoms with E-state index < -0.39 is 0 Å². The molecule has 1 aliphatic rings. The first-order valence-electron chi connectivity index (χ1n) is 8.93. The molecule has 0 aliphatic carbocycles. The minimum Gasteiger partial charge on any atom is -0.381 e. The first kappa shape index (κ1) is 17.4. The average molecular weight is 338 g/mol. The number of anilines is 1. The van der Waals surface area contributed by atoms with Gasteiger partial charge in [-0.15, -0.1) is 0 Å². The highest BCUT2D eigenvalue weighted by atomic mass is 16.2. The largest absolute Gasteiger partial charge is 0.381 e. The van der Waals surface area contributed by atoms with E-state index in [4.69, 9.17) is 0 Å². The Labute approximate surface area is 149 Å². The van der Waals surface area contributed by atoms with Crippen LogP contribution in [0.5, 0.6) is 0 Å². The molecule has 1 N–H and O–H groups in total. The predicted molar refractivity (Wildman–Crippen MR) is 101 cm³/mol. The highest BCUT2D eigenvalue weighted by Crippen LogP contribution is 2.14. The van der Waals surface area contributed by atoms with Crippen molar-refractivity contribution in [3.63, 3.8) is 0 Å². The van der Waals surface area contributed by atoms with Gasteiger partial charge in [-0.3, -0.25) is 9.78 Å². The van der Waals surface area contributed by atoms with Crippen LogP contribution in [-0.4, -0.2) is 53.4 Å². The topological polar surface area (TPSA) is 48.5 Å². The van der Waals surface area contributed by atoms with Gasteiger partial charge in [-0.1, -0.05) is 36.8 Å².